The monoisotopic (exact) mass is 346 g/mol. The minimum atomic E-state index is 0.295. The van der Waals surface area contributed by atoms with Crippen molar-refractivity contribution in [2.24, 2.45) is 0 Å². The van der Waals surface area contributed by atoms with Gasteiger partial charge in [-0.15, -0.1) is 10.2 Å². The van der Waals surface area contributed by atoms with Gasteiger partial charge in [-0.1, -0.05) is 17.4 Å². The summed E-state index contributed by atoms with van der Waals surface area (Å²) in [6.45, 7) is 6.90. The van der Waals surface area contributed by atoms with Gasteiger partial charge >= 0.3 is 0 Å². The summed E-state index contributed by atoms with van der Waals surface area (Å²) in [6.07, 6.45) is 0.978. The molecule has 2 aliphatic heterocycles. The van der Waals surface area contributed by atoms with Crippen LogP contribution in [-0.2, 0) is 6.42 Å². The molecule has 0 saturated carbocycles. The number of anilines is 2. The van der Waals surface area contributed by atoms with Gasteiger partial charge in [-0.05, 0) is 13.0 Å². The minimum absolute atomic E-state index is 0.295. The molecule has 2 aromatic rings. The molecule has 0 aliphatic carbocycles. The summed E-state index contributed by atoms with van der Waals surface area (Å²) in [6, 6.07) is 4.61. The Kier molecular flexibility index (Phi) is 4.24. The molecule has 1 N–H and O–H groups in total. The number of aromatic nitrogens is 3. The summed E-state index contributed by atoms with van der Waals surface area (Å²) in [4.78, 5) is 9.49. The molecule has 1 saturated heterocycles. The maximum atomic E-state index is 5.61. The Morgan fingerprint density at radius 1 is 1.21 bits per heavy atom. The van der Waals surface area contributed by atoms with Crippen molar-refractivity contribution < 1.29 is 4.74 Å². The number of pyridine rings is 1. The first-order valence-electron chi connectivity index (χ1n) is 8.37. The van der Waals surface area contributed by atoms with E-state index in [0.717, 1.165) is 61.0 Å². The van der Waals surface area contributed by atoms with Crippen molar-refractivity contribution in [2.75, 3.05) is 50.1 Å². The Bertz CT molecular complexity index is 712. The summed E-state index contributed by atoms with van der Waals surface area (Å²) in [5.41, 5.74) is 2.32. The first-order chi connectivity index (χ1) is 11.7. The molecular weight excluding hydrogens is 324 g/mol. The fraction of sp³-hybridized carbons (Fsp3) is 0.562. The quantitative estimate of drug-likeness (QED) is 0.905. The second-order valence-corrected chi connectivity index (χ2v) is 7.09. The number of rotatable bonds is 4. The van der Waals surface area contributed by atoms with Crippen LogP contribution in [0.2, 0.25) is 0 Å². The SMILES string of the molecule is CNc1nnc(N2CCN(C(C)c3ccc4c(n3)OCC4)CC2)s1. The summed E-state index contributed by atoms with van der Waals surface area (Å²) < 4.78 is 5.61. The van der Waals surface area contributed by atoms with E-state index in [1.54, 1.807) is 11.3 Å². The number of nitrogens with one attached hydrogen (secondary N) is 1. The van der Waals surface area contributed by atoms with Gasteiger partial charge in [0, 0.05) is 51.3 Å². The fourth-order valence-corrected chi connectivity index (χ4v) is 3.97. The smallest absolute Gasteiger partial charge is 0.216 e. The van der Waals surface area contributed by atoms with Crippen molar-refractivity contribution in [1.29, 1.82) is 0 Å². The molecule has 1 unspecified atom stereocenters. The average molecular weight is 346 g/mol. The molecule has 2 aliphatic rings. The van der Waals surface area contributed by atoms with E-state index in [0.29, 0.717) is 6.04 Å². The maximum absolute atomic E-state index is 5.61. The molecular formula is C16H22N6OS. The summed E-state index contributed by atoms with van der Waals surface area (Å²) in [7, 11) is 1.87. The number of hydrogen-bond donors (Lipinski definition) is 1. The summed E-state index contributed by atoms with van der Waals surface area (Å²) >= 11 is 1.60. The van der Waals surface area contributed by atoms with Crippen LogP contribution < -0.4 is 15.0 Å². The highest BCUT2D eigenvalue weighted by molar-refractivity contribution is 7.19. The van der Waals surface area contributed by atoms with Crippen LogP contribution in [0.3, 0.4) is 0 Å². The number of nitrogens with zero attached hydrogens (tertiary/aromatic N) is 5. The van der Waals surface area contributed by atoms with Gasteiger partial charge in [-0.3, -0.25) is 4.90 Å². The van der Waals surface area contributed by atoms with Crippen molar-refractivity contribution in [3.8, 4) is 5.88 Å². The summed E-state index contributed by atoms with van der Waals surface area (Å²) in [5.74, 6) is 0.825. The van der Waals surface area contributed by atoms with Crippen molar-refractivity contribution in [2.45, 2.75) is 19.4 Å². The van der Waals surface area contributed by atoms with E-state index in [1.165, 1.54) is 5.56 Å². The van der Waals surface area contributed by atoms with Crippen LogP contribution in [0.25, 0.3) is 0 Å². The van der Waals surface area contributed by atoms with Crippen LogP contribution in [-0.4, -0.2) is 59.9 Å². The first-order valence-corrected chi connectivity index (χ1v) is 9.19. The largest absolute Gasteiger partial charge is 0.477 e. The van der Waals surface area contributed by atoms with Crippen LogP contribution >= 0.6 is 11.3 Å². The lowest BCUT2D eigenvalue weighted by molar-refractivity contribution is 0.194. The standard InChI is InChI=1S/C16H22N6OS/c1-11(13-4-3-12-5-10-23-14(12)18-13)21-6-8-22(9-7-21)16-20-19-15(17-2)24-16/h3-4,11H,5-10H2,1-2H3,(H,17,19). The highest BCUT2D eigenvalue weighted by Gasteiger charge is 2.25. The highest BCUT2D eigenvalue weighted by Crippen LogP contribution is 2.29. The van der Waals surface area contributed by atoms with Gasteiger partial charge < -0.3 is 15.0 Å². The molecule has 24 heavy (non-hydrogen) atoms. The molecule has 0 spiro atoms. The van der Waals surface area contributed by atoms with Gasteiger partial charge in [0.15, 0.2) is 0 Å². The average Bonchev–Trinajstić information content (AvgIpc) is 3.29. The van der Waals surface area contributed by atoms with E-state index in [1.807, 2.05) is 7.05 Å². The second-order valence-electron chi connectivity index (χ2n) is 6.14. The molecule has 4 rings (SSSR count). The topological polar surface area (TPSA) is 66.4 Å². The van der Waals surface area contributed by atoms with Gasteiger partial charge in [0.1, 0.15) is 0 Å². The zero-order chi connectivity index (χ0) is 16.5. The van der Waals surface area contributed by atoms with Gasteiger partial charge in [-0.25, -0.2) is 4.98 Å². The van der Waals surface area contributed by atoms with E-state index in [4.69, 9.17) is 9.72 Å². The Morgan fingerprint density at radius 2 is 2.04 bits per heavy atom. The molecule has 1 fully saturated rings. The Labute approximate surface area is 145 Å². The van der Waals surface area contributed by atoms with Crippen molar-refractivity contribution in [3.63, 3.8) is 0 Å². The number of hydrogen-bond acceptors (Lipinski definition) is 8. The Hall–Kier alpha value is -1.93. The lowest BCUT2D eigenvalue weighted by atomic mass is 10.1. The third-order valence-corrected chi connectivity index (χ3v) is 5.76. The maximum Gasteiger partial charge on any atom is 0.216 e. The summed E-state index contributed by atoms with van der Waals surface area (Å²) in [5, 5.41) is 13.3. The lowest BCUT2D eigenvalue weighted by Gasteiger charge is -2.37. The van der Waals surface area contributed by atoms with Crippen molar-refractivity contribution in [3.05, 3.63) is 23.4 Å². The molecule has 8 heteroatoms. The number of piperazine rings is 1. The molecule has 128 valence electrons. The first kappa shape index (κ1) is 15.6. The third kappa shape index (κ3) is 2.91. The number of ether oxygens (including phenoxy) is 1. The van der Waals surface area contributed by atoms with Crippen molar-refractivity contribution >= 4 is 21.6 Å². The van der Waals surface area contributed by atoms with Gasteiger partial charge in [0.25, 0.3) is 0 Å². The molecule has 4 heterocycles. The molecule has 0 bridgehead atoms. The van der Waals surface area contributed by atoms with Crippen LogP contribution in [0.1, 0.15) is 24.2 Å². The predicted molar refractivity (Wildman–Crippen MR) is 95.1 cm³/mol. The molecule has 2 aromatic heterocycles. The van der Waals surface area contributed by atoms with Gasteiger partial charge in [0.05, 0.1) is 12.3 Å². The van der Waals surface area contributed by atoms with E-state index in [-0.39, 0.29) is 0 Å². The normalized spacial score (nSPS) is 19.0. The van der Waals surface area contributed by atoms with E-state index in [2.05, 4.69) is 44.4 Å². The molecule has 0 radical (unpaired) electrons. The lowest BCUT2D eigenvalue weighted by Crippen LogP contribution is -2.47. The van der Waals surface area contributed by atoms with Gasteiger partial charge in [-0.2, -0.15) is 0 Å². The van der Waals surface area contributed by atoms with Crippen LogP contribution in [0, 0.1) is 0 Å². The van der Waals surface area contributed by atoms with E-state index >= 15 is 0 Å². The van der Waals surface area contributed by atoms with E-state index < -0.39 is 0 Å². The molecule has 7 nitrogen and oxygen atoms in total. The molecule has 0 aromatic carbocycles. The fourth-order valence-electron chi connectivity index (χ4n) is 3.22. The molecule has 1 atom stereocenters. The van der Waals surface area contributed by atoms with E-state index in [9.17, 15) is 0 Å². The van der Waals surface area contributed by atoms with Crippen LogP contribution in [0.5, 0.6) is 5.88 Å². The second kappa shape index (κ2) is 6.52. The van der Waals surface area contributed by atoms with Crippen molar-refractivity contribution in [1.82, 2.24) is 20.1 Å². The zero-order valence-corrected chi connectivity index (χ0v) is 14.8. The third-order valence-electron chi connectivity index (χ3n) is 4.76. The number of fused-ring (bicyclic) bond motifs is 1. The Balaban J connectivity index is 1.40. The highest BCUT2D eigenvalue weighted by atomic mass is 32.1. The van der Waals surface area contributed by atoms with Gasteiger partial charge in [0.2, 0.25) is 16.1 Å². The predicted octanol–water partition coefficient (Wildman–Crippen LogP) is 1.79. The minimum Gasteiger partial charge on any atom is -0.477 e. The van der Waals surface area contributed by atoms with Crippen LogP contribution in [0.4, 0.5) is 10.3 Å². The van der Waals surface area contributed by atoms with Crippen LogP contribution in [0.15, 0.2) is 12.1 Å². The Morgan fingerprint density at radius 3 is 2.79 bits per heavy atom. The zero-order valence-electron chi connectivity index (χ0n) is 14.0. The molecule has 0 amide bonds.